The Bertz CT molecular complexity index is 768. The van der Waals surface area contributed by atoms with E-state index in [0.717, 1.165) is 74.8 Å². The highest BCUT2D eigenvalue weighted by Gasteiger charge is 2.28. The maximum Gasteiger partial charge on any atom is 0.271 e. The minimum absolute atomic E-state index is 0.0564. The summed E-state index contributed by atoms with van der Waals surface area (Å²) in [5, 5.41) is 7.35. The molecule has 0 radical (unpaired) electrons. The highest BCUT2D eigenvalue weighted by atomic mass is 16.5. The van der Waals surface area contributed by atoms with Crippen LogP contribution >= 0.6 is 0 Å². The summed E-state index contributed by atoms with van der Waals surface area (Å²) >= 11 is 0. The van der Waals surface area contributed by atoms with E-state index in [1.165, 1.54) is 6.20 Å². The average Bonchev–Trinajstić information content (AvgIpc) is 3.05. The van der Waals surface area contributed by atoms with Crippen molar-refractivity contribution in [3.8, 4) is 0 Å². The van der Waals surface area contributed by atoms with E-state index in [0.29, 0.717) is 5.69 Å². The number of carbonyl (C=O) groups excluding carboxylic acids is 1. The molecule has 0 saturated carbocycles. The fourth-order valence-electron chi connectivity index (χ4n) is 3.45. The minimum Gasteiger partial charge on any atom is -0.379 e. The van der Waals surface area contributed by atoms with Gasteiger partial charge < -0.3 is 14.6 Å². The molecule has 0 bridgehead atoms. The van der Waals surface area contributed by atoms with Crippen LogP contribution in [-0.4, -0.2) is 58.3 Å². The van der Waals surface area contributed by atoms with Crippen LogP contribution in [-0.2, 0) is 24.1 Å². The molecule has 4 rings (SSSR count). The molecule has 1 saturated heterocycles. The molecule has 3 heterocycles. The predicted octanol–water partition coefficient (Wildman–Crippen LogP) is 0.893. The van der Waals surface area contributed by atoms with Gasteiger partial charge in [0.05, 0.1) is 25.1 Å². The molecule has 138 valence electrons. The Hall–Kier alpha value is -2.32. The lowest BCUT2D eigenvalue weighted by Crippen LogP contribution is -2.40. The second-order valence-electron chi connectivity index (χ2n) is 6.88. The number of fused-ring (bicyclic) bond motifs is 1. The van der Waals surface area contributed by atoms with Crippen molar-refractivity contribution >= 4 is 5.91 Å². The summed E-state index contributed by atoms with van der Waals surface area (Å²) in [6.07, 6.45) is 5.49. The minimum atomic E-state index is -0.183. The summed E-state index contributed by atoms with van der Waals surface area (Å²) in [6, 6.07) is 0.0564. The third-order valence-corrected chi connectivity index (χ3v) is 4.95. The molecular formula is C18H23N5O3. The predicted molar refractivity (Wildman–Crippen MR) is 92.6 cm³/mol. The normalized spacial score (nSPS) is 20.6. The second kappa shape index (κ2) is 7.51. The Kier molecular flexibility index (Phi) is 4.94. The van der Waals surface area contributed by atoms with Crippen molar-refractivity contribution in [2.24, 2.45) is 0 Å². The van der Waals surface area contributed by atoms with E-state index in [4.69, 9.17) is 9.26 Å². The number of aryl methyl sites for hydroxylation is 2. The van der Waals surface area contributed by atoms with E-state index >= 15 is 0 Å². The third-order valence-electron chi connectivity index (χ3n) is 4.95. The molecule has 1 aliphatic heterocycles. The number of carbonyl (C=O) groups is 1. The number of hydrogen-bond acceptors (Lipinski definition) is 7. The molecule has 26 heavy (non-hydrogen) atoms. The van der Waals surface area contributed by atoms with E-state index in [1.54, 1.807) is 6.20 Å². The largest absolute Gasteiger partial charge is 0.379 e. The van der Waals surface area contributed by atoms with Crippen LogP contribution in [0.5, 0.6) is 0 Å². The first kappa shape index (κ1) is 17.1. The van der Waals surface area contributed by atoms with E-state index in [1.807, 2.05) is 6.92 Å². The Morgan fingerprint density at radius 2 is 2.15 bits per heavy atom. The molecule has 1 amide bonds. The van der Waals surface area contributed by atoms with Gasteiger partial charge in [-0.1, -0.05) is 5.16 Å². The Morgan fingerprint density at radius 3 is 2.92 bits per heavy atom. The molecule has 8 nitrogen and oxygen atoms in total. The first-order valence-electron chi connectivity index (χ1n) is 9.05. The molecule has 8 heteroatoms. The standard InChI is InChI=1S/C18H23N5O3/c1-12-9-20-15(10-19-12)18(24)21-13-2-3-17-14(8-13)16(22-26-17)11-23-4-6-25-7-5-23/h9-10,13H,2-8,11H2,1H3,(H,21,24). The number of aromatic nitrogens is 3. The SMILES string of the molecule is Cc1cnc(C(=O)NC2CCc3onc(CN4CCOCC4)c3C2)cn1. The number of ether oxygens (including phenoxy) is 1. The number of amides is 1. The number of hydrogen-bond donors (Lipinski definition) is 1. The summed E-state index contributed by atoms with van der Waals surface area (Å²) in [5.41, 5.74) is 3.26. The number of nitrogens with zero attached hydrogens (tertiary/aromatic N) is 4. The van der Waals surface area contributed by atoms with Crippen LogP contribution in [0.15, 0.2) is 16.9 Å². The summed E-state index contributed by atoms with van der Waals surface area (Å²) in [4.78, 5) is 23.0. The molecule has 1 unspecified atom stereocenters. The van der Waals surface area contributed by atoms with Gasteiger partial charge in [-0.15, -0.1) is 0 Å². The van der Waals surface area contributed by atoms with E-state index < -0.39 is 0 Å². The Morgan fingerprint density at radius 1 is 1.31 bits per heavy atom. The van der Waals surface area contributed by atoms with Gasteiger partial charge in [0.2, 0.25) is 0 Å². The van der Waals surface area contributed by atoms with Crippen molar-refractivity contribution < 1.29 is 14.1 Å². The van der Waals surface area contributed by atoms with Crippen molar-refractivity contribution in [3.05, 3.63) is 40.8 Å². The van der Waals surface area contributed by atoms with Crippen LogP contribution in [0.3, 0.4) is 0 Å². The number of rotatable bonds is 4. The second-order valence-corrected chi connectivity index (χ2v) is 6.88. The first-order chi connectivity index (χ1) is 12.7. The van der Waals surface area contributed by atoms with Crippen LogP contribution in [0, 0.1) is 6.92 Å². The Balaban J connectivity index is 1.41. The monoisotopic (exact) mass is 357 g/mol. The third kappa shape index (κ3) is 3.76. The van der Waals surface area contributed by atoms with Gasteiger partial charge in [0, 0.05) is 43.9 Å². The molecule has 2 aromatic rings. The van der Waals surface area contributed by atoms with E-state index in [2.05, 4.69) is 25.3 Å². The highest BCUT2D eigenvalue weighted by molar-refractivity contribution is 5.92. The summed E-state index contributed by atoms with van der Waals surface area (Å²) in [7, 11) is 0. The van der Waals surface area contributed by atoms with Crippen molar-refractivity contribution in [1.29, 1.82) is 0 Å². The molecule has 2 aliphatic rings. The fraction of sp³-hybridized carbons (Fsp3) is 0.556. The molecule has 1 atom stereocenters. The number of nitrogens with one attached hydrogen (secondary N) is 1. The molecule has 2 aromatic heterocycles. The average molecular weight is 357 g/mol. The molecule has 1 aliphatic carbocycles. The van der Waals surface area contributed by atoms with Gasteiger partial charge in [-0.05, 0) is 19.8 Å². The lowest BCUT2D eigenvalue weighted by Gasteiger charge is -2.27. The zero-order valence-corrected chi connectivity index (χ0v) is 14.9. The first-order valence-corrected chi connectivity index (χ1v) is 9.05. The van der Waals surface area contributed by atoms with Crippen molar-refractivity contribution in [2.75, 3.05) is 26.3 Å². The van der Waals surface area contributed by atoms with Gasteiger partial charge in [0.15, 0.2) is 0 Å². The van der Waals surface area contributed by atoms with Crippen LogP contribution < -0.4 is 5.32 Å². The molecule has 1 fully saturated rings. The summed E-state index contributed by atoms with van der Waals surface area (Å²) < 4.78 is 10.9. The van der Waals surface area contributed by atoms with Gasteiger partial charge in [0.1, 0.15) is 17.1 Å². The van der Waals surface area contributed by atoms with Crippen LogP contribution in [0.2, 0.25) is 0 Å². The Labute approximate surface area is 151 Å². The summed E-state index contributed by atoms with van der Waals surface area (Å²) in [6.45, 7) is 5.96. The quantitative estimate of drug-likeness (QED) is 0.868. The summed E-state index contributed by atoms with van der Waals surface area (Å²) in [5.74, 6) is 0.769. The van der Waals surface area contributed by atoms with Gasteiger partial charge in [-0.3, -0.25) is 14.7 Å². The number of morpholine rings is 1. The van der Waals surface area contributed by atoms with Crippen molar-refractivity contribution in [3.63, 3.8) is 0 Å². The van der Waals surface area contributed by atoms with Gasteiger partial charge in [0.25, 0.3) is 5.91 Å². The molecule has 0 spiro atoms. The van der Waals surface area contributed by atoms with Gasteiger partial charge in [-0.25, -0.2) is 4.98 Å². The smallest absolute Gasteiger partial charge is 0.271 e. The topological polar surface area (TPSA) is 93.4 Å². The highest BCUT2D eigenvalue weighted by Crippen LogP contribution is 2.26. The maximum atomic E-state index is 12.4. The molecule has 0 aromatic carbocycles. The lowest BCUT2D eigenvalue weighted by atomic mass is 9.92. The van der Waals surface area contributed by atoms with Gasteiger partial charge in [-0.2, -0.15) is 0 Å². The zero-order valence-electron chi connectivity index (χ0n) is 14.9. The van der Waals surface area contributed by atoms with Crippen molar-refractivity contribution in [2.45, 2.75) is 38.8 Å². The van der Waals surface area contributed by atoms with Crippen molar-refractivity contribution in [1.82, 2.24) is 25.3 Å². The van der Waals surface area contributed by atoms with Crippen LogP contribution in [0.1, 0.15) is 39.6 Å². The van der Waals surface area contributed by atoms with E-state index in [9.17, 15) is 4.79 Å². The van der Waals surface area contributed by atoms with Gasteiger partial charge >= 0.3 is 0 Å². The lowest BCUT2D eigenvalue weighted by molar-refractivity contribution is 0.0331. The van der Waals surface area contributed by atoms with Crippen LogP contribution in [0.25, 0.3) is 0 Å². The molecule has 1 N–H and O–H groups in total. The fourth-order valence-corrected chi connectivity index (χ4v) is 3.45. The van der Waals surface area contributed by atoms with Crippen LogP contribution in [0.4, 0.5) is 0 Å². The zero-order chi connectivity index (χ0) is 17.9. The molecular weight excluding hydrogens is 334 g/mol. The maximum absolute atomic E-state index is 12.4. The van der Waals surface area contributed by atoms with E-state index in [-0.39, 0.29) is 11.9 Å².